The van der Waals surface area contributed by atoms with Crippen LogP contribution in [-0.2, 0) is 6.54 Å². The van der Waals surface area contributed by atoms with Crippen LogP contribution in [0.1, 0.15) is 50.0 Å². The van der Waals surface area contributed by atoms with Gasteiger partial charge in [0.1, 0.15) is 0 Å². The van der Waals surface area contributed by atoms with E-state index in [2.05, 4.69) is 18.1 Å². The molecule has 0 unspecified atom stereocenters. The van der Waals surface area contributed by atoms with Crippen molar-refractivity contribution in [3.05, 3.63) is 17.5 Å². The van der Waals surface area contributed by atoms with E-state index in [-0.39, 0.29) is 6.04 Å². The Morgan fingerprint density at radius 3 is 2.77 bits per heavy atom. The zero-order valence-corrected chi connectivity index (χ0v) is 8.33. The molecule has 1 aliphatic rings. The molecule has 1 aromatic rings. The van der Waals surface area contributed by atoms with Crippen LogP contribution < -0.4 is 5.73 Å². The highest BCUT2D eigenvalue weighted by atomic mass is 15.3. The molecule has 0 spiro atoms. The summed E-state index contributed by atoms with van der Waals surface area (Å²) >= 11 is 0. The maximum Gasteiger partial charge on any atom is 0.0659 e. The first-order valence-electron chi connectivity index (χ1n) is 5.05. The number of aryl methyl sites for hydroxylation is 1. The van der Waals surface area contributed by atoms with Crippen molar-refractivity contribution < 1.29 is 0 Å². The molecule has 1 atom stereocenters. The van der Waals surface area contributed by atoms with Gasteiger partial charge in [-0.3, -0.25) is 4.68 Å². The molecule has 0 aromatic carbocycles. The van der Waals surface area contributed by atoms with Crippen molar-refractivity contribution in [2.45, 2.75) is 45.2 Å². The lowest BCUT2D eigenvalue weighted by Gasteiger charge is -2.06. The van der Waals surface area contributed by atoms with Gasteiger partial charge in [-0.25, -0.2) is 0 Å². The first-order chi connectivity index (χ1) is 6.22. The second-order valence-corrected chi connectivity index (χ2v) is 3.87. The van der Waals surface area contributed by atoms with Gasteiger partial charge < -0.3 is 5.73 Å². The van der Waals surface area contributed by atoms with Gasteiger partial charge >= 0.3 is 0 Å². The summed E-state index contributed by atoms with van der Waals surface area (Å²) in [5.74, 6) is 0.727. The zero-order valence-electron chi connectivity index (χ0n) is 8.33. The molecule has 2 N–H and O–H groups in total. The fraction of sp³-hybridized carbons (Fsp3) is 0.700. The molecular formula is C10H17N3. The molecule has 1 saturated carbocycles. The molecule has 1 aliphatic carbocycles. The molecular weight excluding hydrogens is 162 g/mol. The van der Waals surface area contributed by atoms with Gasteiger partial charge in [0.2, 0.25) is 0 Å². The van der Waals surface area contributed by atoms with E-state index in [0.29, 0.717) is 0 Å². The molecule has 0 aliphatic heterocycles. The SMILES string of the molecule is CCn1nc(C2CC2)cc1[C@@H](C)N. The Labute approximate surface area is 78.9 Å². The standard InChI is InChI=1S/C10H17N3/c1-3-13-10(7(2)11)6-9(12-13)8-4-5-8/h6-8H,3-5,11H2,1-2H3/t7-/m1/s1. The summed E-state index contributed by atoms with van der Waals surface area (Å²) in [5, 5.41) is 4.55. The first kappa shape index (κ1) is 8.75. The lowest BCUT2D eigenvalue weighted by atomic mass is 10.2. The van der Waals surface area contributed by atoms with Crippen LogP contribution in [0.3, 0.4) is 0 Å². The molecule has 72 valence electrons. The minimum Gasteiger partial charge on any atom is -0.323 e. The van der Waals surface area contributed by atoms with Crippen LogP contribution in [0.2, 0.25) is 0 Å². The Hall–Kier alpha value is -0.830. The molecule has 1 heterocycles. The van der Waals surface area contributed by atoms with Crippen molar-refractivity contribution in [1.82, 2.24) is 9.78 Å². The molecule has 0 amide bonds. The number of nitrogens with two attached hydrogens (primary N) is 1. The van der Waals surface area contributed by atoms with E-state index >= 15 is 0 Å². The molecule has 2 rings (SSSR count). The Kier molecular flexibility index (Phi) is 2.12. The quantitative estimate of drug-likeness (QED) is 0.769. The van der Waals surface area contributed by atoms with Gasteiger partial charge in [-0.15, -0.1) is 0 Å². The molecule has 0 bridgehead atoms. The van der Waals surface area contributed by atoms with Crippen molar-refractivity contribution in [3.63, 3.8) is 0 Å². The fourth-order valence-corrected chi connectivity index (χ4v) is 1.65. The Morgan fingerprint density at radius 2 is 2.38 bits per heavy atom. The third-order valence-electron chi connectivity index (χ3n) is 2.59. The van der Waals surface area contributed by atoms with Gasteiger partial charge in [-0.2, -0.15) is 5.10 Å². The van der Waals surface area contributed by atoms with Crippen LogP contribution >= 0.6 is 0 Å². The van der Waals surface area contributed by atoms with Crippen molar-refractivity contribution in [1.29, 1.82) is 0 Å². The Balaban J connectivity index is 2.30. The molecule has 0 saturated heterocycles. The molecule has 3 nitrogen and oxygen atoms in total. The van der Waals surface area contributed by atoms with E-state index in [4.69, 9.17) is 5.73 Å². The second-order valence-electron chi connectivity index (χ2n) is 3.87. The monoisotopic (exact) mass is 179 g/mol. The van der Waals surface area contributed by atoms with Crippen LogP contribution in [0.15, 0.2) is 6.07 Å². The van der Waals surface area contributed by atoms with Crippen LogP contribution in [0.5, 0.6) is 0 Å². The number of hydrogen-bond acceptors (Lipinski definition) is 2. The van der Waals surface area contributed by atoms with Crippen LogP contribution in [0, 0.1) is 0 Å². The van der Waals surface area contributed by atoms with Gasteiger partial charge in [-0.1, -0.05) is 0 Å². The van der Waals surface area contributed by atoms with Gasteiger partial charge in [-0.05, 0) is 32.8 Å². The van der Waals surface area contributed by atoms with Gasteiger partial charge in [0.25, 0.3) is 0 Å². The molecule has 3 heteroatoms. The highest BCUT2D eigenvalue weighted by Crippen LogP contribution is 2.39. The number of nitrogens with zero attached hydrogens (tertiary/aromatic N) is 2. The van der Waals surface area contributed by atoms with Crippen molar-refractivity contribution in [2.75, 3.05) is 0 Å². The molecule has 1 fully saturated rings. The summed E-state index contributed by atoms with van der Waals surface area (Å²) in [7, 11) is 0. The predicted octanol–water partition coefficient (Wildman–Crippen LogP) is 1.80. The number of aromatic nitrogens is 2. The molecule has 13 heavy (non-hydrogen) atoms. The van der Waals surface area contributed by atoms with Crippen molar-refractivity contribution in [3.8, 4) is 0 Å². The highest BCUT2D eigenvalue weighted by Gasteiger charge is 2.27. The average molecular weight is 179 g/mol. The third-order valence-corrected chi connectivity index (χ3v) is 2.59. The predicted molar refractivity (Wildman–Crippen MR) is 52.5 cm³/mol. The summed E-state index contributed by atoms with van der Waals surface area (Å²) in [5.41, 5.74) is 8.28. The minimum atomic E-state index is 0.0972. The first-order valence-corrected chi connectivity index (χ1v) is 5.05. The van der Waals surface area contributed by atoms with Gasteiger partial charge in [0.05, 0.1) is 11.4 Å². The summed E-state index contributed by atoms with van der Waals surface area (Å²) in [4.78, 5) is 0. The smallest absolute Gasteiger partial charge is 0.0659 e. The number of hydrogen-bond donors (Lipinski definition) is 1. The van der Waals surface area contributed by atoms with E-state index in [1.54, 1.807) is 0 Å². The second kappa shape index (κ2) is 3.14. The van der Waals surface area contributed by atoms with E-state index in [9.17, 15) is 0 Å². The largest absolute Gasteiger partial charge is 0.323 e. The Bertz CT molecular complexity index is 297. The normalized spacial score (nSPS) is 19.0. The van der Waals surface area contributed by atoms with E-state index in [0.717, 1.165) is 12.5 Å². The topological polar surface area (TPSA) is 43.8 Å². The lowest BCUT2D eigenvalue weighted by molar-refractivity contribution is 0.584. The third kappa shape index (κ3) is 1.61. The summed E-state index contributed by atoms with van der Waals surface area (Å²) in [6, 6.07) is 2.27. The van der Waals surface area contributed by atoms with Gasteiger partial charge in [0, 0.05) is 18.5 Å². The van der Waals surface area contributed by atoms with E-state index in [1.807, 2.05) is 11.6 Å². The summed E-state index contributed by atoms with van der Waals surface area (Å²) < 4.78 is 2.03. The van der Waals surface area contributed by atoms with Crippen LogP contribution in [0.4, 0.5) is 0 Å². The maximum atomic E-state index is 5.86. The van der Waals surface area contributed by atoms with Crippen LogP contribution in [-0.4, -0.2) is 9.78 Å². The lowest BCUT2D eigenvalue weighted by Crippen LogP contribution is -2.12. The molecule has 0 radical (unpaired) electrons. The Morgan fingerprint density at radius 1 is 1.69 bits per heavy atom. The van der Waals surface area contributed by atoms with Crippen LogP contribution in [0.25, 0.3) is 0 Å². The minimum absolute atomic E-state index is 0.0972. The maximum absolute atomic E-state index is 5.86. The van der Waals surface area contributed by atoms with E-state index < -0.39 is 0 Å². The summed E-state index contributed by atoms with van der Waals surface area (Å²) in [6.07, 6.45) is 2.61. The average Bonchev–Trinajstić information content (AvgIpc) is 2.84. The summed E-state index contributed by atoms with van der Waals surface area (Å²) in [6.45, 7) is 5.04. The number of rotatable bonds is 3. The van der Waals surface area contributed by atoms with Crippen molar-refractivity contribution in [2.24, 2.45) is 5.73 Å². The van der Waals surface area contributed by atoms with Gasteiger partial charge in [0.15, 0.2) is 0 Å². The zero-order chi connectivity index (χ0) is 9.42. The van der Waals surface area contributed by atoms with E-state index in [1.165, 1.54) is 24.2 Å². The van der Waals surface area contributed by atoms with Crippen molar-refractivity contribution >= 4 is 0 Å². The fourth-order valence-electron chi connectivity index (χ4n) is 1.65. The molecule has 1 aromatic heterocycles. The highest BCUT2D eigenvalue weighted by molar-refractivity contribution is 5.20.